The Labute approximate surface area is 148 Å². The molecule has 0 amide bonds. The summed E-state index contributed by atoms with van der Waals surface area (Å²) in [5, 5.41) is 0.956. The SMILES string of the molecule is CCSc1ccc(-c2cnc3nc(-c4cccnc4)sc3c2)cc1. The van der Waals surface area contributed by atoms with Crippen molar-refractivity contribution >= 4 is 33.4 Å². The van der Waals surface area contributed by atoms with Crippen molar-refractivity contribution in [3.05, 3.63) is 61.1 Å². The van der Waals surface area contributed by atoms with E-state index in [0.717, 1.165) is 32.2 Å². The molecule has 0 unspecified atom stereocenters. The summed E-state index contributed by atoms with van der Waals surface area (Å²) in [7, 11) is 0. The van der Waals surface area contributed by atoms with Crippen molar-refractivity contribution < 1.29 is 0 Å². The first-order valence-electron chi connectivity index (χ1n) is 7.73. The molecule has 0 aliphatic carbocycles. The van der Waals surface area contributed by atoms with Gasteiger partial charge in [-0.2, -0.15) is 0 Å². The van der Waals surface area contributed by atoms with Gasteiger partial charge in [-0.1, -0.05) is 19.1 Å². The Balaban J connectivity index is 1.70. The molecule has 118 valence electrons. The average molecular weight is 349 g/mol. The van der Waals surface area contributed by atoms with Crippen molar-refractivity contribution in [1.82, 2.24) is 15.0 Å². The Bertz CT molecular complexity index is 963. The van der Waals surface area contributed by atoms with Crippen LogP contribution in [0.15, 0.2) is 66.0 Å². The number of thiazole rings is 1. The second kappa shape index (κ2) is 6.71. The normalized spacial score (nSPS) is 11.0. The van der Waals surface area contributed by atoms with Crippen LogP contribution in [0.5, 0.6) is 0 Å². The molecule has 0 N–H and O–H groups in total. The molecule has 5 heteroatoms. The van der Waals surface area contributed by atoms with E-state index in [2.05, 4.69) is 52.2 Å². The molecule has 3 heterocycles. The highest BCUT2D eigenvalue weighted by Crippen LogP contribution is 2.32. The highest BCUT2D eigenvalue weighted by Gasteiger charge is 2.09. The summed E-state index contributed by atoms with van der Waals surface area (Å²) in [6, 6.07) is 14.8. The highest BCUT2D eigenvalue weighted by atomic mass is 32.2. The van der Waals surface area contributed by atoms with Crippen molar-refractivity contribution in [3.8, 4) is 21.7 Å². The summed E-state index contributed by atoms with van der Waals surface area (Å²) in [6.45, 7) is 2.17. The Morgan fingerprint density at radius 1 is 1.00 bits per heavy atom. The van der Waals surface area contributed by atoms with Crippen LogP contribution in [-0.4, -0.2) is 20.7 Å². The van der Waals surface area contributed by atoms with Crippen LogP contribution in [-0.2, 0) is 0 Å². The number of hydrogen-bond donors (Lipinski definition) is 0. The number of thioether (sulfide) groups is 1. The topological polar surface area (TPSA) is 38.7 Å². The van der Waals surface area contributed by atoms with Crippen LogP contribution in [0.2, 0.25) is 0 Å². The minimum atomic E-state index is 0.792. The number of hydrogen-bond acceptors (Lipinski definition) is 5. The Morgan fingerprint density at radius 3 is 2.62 bits per heavy atom. The quantitative estimate of drug-likeness (QED) is 0.454. The van der Waals surface area contributed by atoms with E-state index in [4.69, 9.17) is 0 Å². The highest BCUT2D eigenvalue weighted by molar-refractivity contribution is 7.99. The average Bonchev–Trinajstić information content (AvgIpc) is 3.07. The molecule has 1 aromatic carbocycles. The predicted molar refractivity (Wildman–Crippen MR) is 102 cm³/mol. The van der Waals surface area contributed by atoms with Gasteiger partial charge in [0.2, 0.25) is 0 Å². The molecule has 0 atom stereocenters. The van der Waals surface area contributed by atoms with Gasteiger partial charge in [0, 0.05) is 34.6 Å². The van der Waals surface area contributed by atoms with Gasteiger partial charge in [0.05, 0.1) is 4.70 Å². The van der Waals surface area contributed by atoms with Gasteiger partial charge in [0.15, 0.2) is 5.65 Å². The predicted octanol–water partition coefficient (Wildman–Crippen LogP) is 5.53. The molecule has 4 rings (SSSR count). The van der Waals surface area contributed by atoms with Crippen LogP contribution in [0.3, 0.4) is 0 Å². The molecule has 0 saturated carbocycles. The largest absolute Gasteiger partial charge is 0.264 e. The molecule has 3 aromatic heterocycles. The zero-order valence-electron chi connectivity index (χ0n) is 13.1. The molecule has 0 fully saturated rings. The molecule has 0 saturated heterocycles. The van der Waals surface area contributed by atoms with Gasteiger partial charge in [0.1, 0.15) is 5.01 Å². The molecule has 0 spiro atoms. The molecule has 0 aliphatic heterocycles. The number of aromatic nitrogens is 3. The summed E-state index contributed by atoms with van der Waals surface area (Å²) in [4.78, 5) is 14.6. The lowest BCUT2D eigenvalue weighted by molar-refractivity contribution is 1.30. The fourth-order valence-corrected chi connectivity index (χ4v) is 4.12. The van der Waals surface area contributed by atoms with Crippen LogP contribution in [0.4, 0.5) is 0 Å². The van der Waals surface area contributed by atoms with E-state index < -0.39 is 0 Å². The molecule has 24 heavy (non-hydrogen) atoms. The molecular weight excluding hydrogens is 334 g/mol. The molecular formula is C19H15N3S2. The summed E-state index contributed by atoms with van der Waals surface area (Å²) in [5.41, 5.74) is 4.13. The minimum absolute atomic E-state index is 0.792. The van der Waals surface area contributed by atoms with Crippen LogP contribution >= 0.6 is 23.1 Å². The maximum absolute atomic E-state index is 4.62. The van der Waals surface area contributed by atoms with Gasteiger partial charge in [-0.3, -0.25) is 4.98 Å². The van der Waals surface area contributed by atoms with E-state index in [9.17, 15) is 0 Å². The molecule has 4 aromatic rings. The van der Waals surface area contributed by atoms with E-state index >= 15 is 0 Å². The van der Waals surface area contributed by atoms with Crippen LogP contribution in [0, 0.1) is 0 Å². The van der Waals surface area contributed by atoms with Crippen molar-refractivity contribution in [2.45, 2.75) is 11.8 Å². The molecule has 3 nitrogen and oxygen atoms in total. The van der Waals surface area contributed by atoms with E-state index in [1.165, 1.54) is 10.5 Å². The Morgan fingerprint density at radius 2 is 1.88 bits per heavy atom. The van der Waals surface area contributed by atoms with E-state index in [1.54, 1.807) is 17.5 Å². The van der Waals surface area contributed by atoms with Gasteiger partial charge < -0.3 is 0 Å². The third kappa shape index (κ3) is 3.05. The second-order valence-corrected chi connectivity index (χ2v) is 7.63. The van der Waals surface area contributed by atoms with Crippen molar-refractivity contribution in [3.63, 3.8) is 0 Å². The fraction of sp³-hybridized carbons (Fsp3) is 0.105. The standard InChI is InChI=1S/C19H15N3S2/c1-2-23-16-7-5-13(6-8-16)15-10-17-18(21-12-15)22-19(24-17)14-4-3-9-20-11-14/h3-12H,2H2,1H3. The van der Waals surface area contributed by atoms with Crippen LogP contribution in [0.25, 0.3) is 32.0 Å². The lowest BCUT2D eigenvalue weighted by Gasteiger charge is -2.03. The Hall–Kier alpha value is -2.24. The zero-order chi connectivity index (χ0) is 16.4. The second-order valence-electron chi connectivity index (χ2n) is 5.26. The van der Waals surface area contributed by atoms with Gasteiger partial charge in [-0.25, -0.2) is 9.97 Å². The Kier molecular flexibility index (Phi) is 4.28. The smallest absolute Gasteiger partial charge is 0.170 e. The summed E-state index contributed by atoms with van der Waals surface area (Å²) >= 11 is 3.51. The fourth-order valence-electron chi connectivity index (χ4n) is 2.50. The number of benzene rings is 1. The molecule has 0 bridgehead atoms. The van der Waals surface area contributed by atoms with Crippen LogP contribution in [0.1, 0.15) is 6.92 Å². The lowest BCUT2D eigenvalue weighted by Crippen LogP contribution is -1.82. The number of pyridine rings is 2. The first-order chi connectivity index (χ1) is 11.8. The van der Waals surface area contributed by atoms with Gasteiger partial charge in [-0.05, 0) is 41.6 Å². The maximum Gasteiger partial charge on any atom is 0.170 e. The van der Waals surface area contributed by atoms with Gasteiger partial charge in [0.25, 0.3) is 0 Å². The lowest BCUT2D eigenvalue weighted by atomic mass is 10.1. The minimum Gasteiger partial charge on any atom is -0.264 e. The van der Waals surface area contributed by atoms with Crippen LogP contribution < -0.4 is 0 Å². The first kappa shape index (κ1) is 15.3. The van der Waals surface area contributed by atoms with E-state index in [0.29, 0.717) is 0 Å². The summed E-state index contributed by atoms with van der Waals surface area (Å²) in [6.07, 6.45) is 5.51. The van der Waals surface area contributed by atoms with Gasteiger partial charge >= 0.3 is 0 Å². The van der Waals surface area contributed by atoms with Gasteiger partial charge in [-0.15, -0.1) is 23.1 Å². The van der Waals surface area contributed by atoms with E-state index in [1.807, 2.05) is 36.3 Å². The van der Waals surface area contributed by atoms with Crippen molar-refractivity contribution in [2.75, 3.05) is 5.75 Å². The van der Waals surface area contributed by atoms with Crippen molar-refractivity contribution in [2.24, 2.45) is 0 Å². The summed E-state index contributed by atoms with van der Waals surface area (Å²) < 4.78 is 1.10. The summed E-state index contributed by atoms with van der Waals surface area (Å²) in [5.74, 6) is 1.09. The maximum atomic E-state index is 4.62. The third-order valence-corrected chi connectivity index (χ3v) is 5.59. The zero-order valence-corrected chi connectivity index (χ0v) is 14.8. The monoisotopic (exact) mass is 349 g/mol. The number of nitrogens with zero attached hydrogens (tertiary/aromatic N) is 3. The van der Waals surface area contributed by atoms with E-state index in [-0.39, 0.29) is 0 Å². The number of rotatable bonds is 4. The first-order valence-corrected chi connectivity index (χ1v) is 9.54. The molecule has 0 aliphatic rings. The third-order valence-electron chi connectivity index (χ3n) is 3.65. The number of fused-ring (bicyclic) bond motifs is 1. The van der Waals surface area contributed by atoms with Crippen molar-refractivity contribution in [1.29, 1.82) is 0 Å². The molecule has 0 radical (unpaired) electrons.